The zero-order valence-electron chi connectivity index (χ0n) is 16.3. The predicted molar refractivity (Wildman–Crippen MR) is 116 cm³/mol. The average Bonchev–Trinajstić information content (AvgIpc) is 3.13. The van der Waals surface area contributed by atoms with Gasteiger partial charge in [0.2, 0.25) is 5.90 Å². The van der Waals surface area contributed by atoms with Crippen LogP contribution in [0.2, 0.25) is 5.02 Å². The largest absolute Gasteiger partial charge is 0.489 e. The molecule has 160 valence electrons. The van der Waals surface area contributed by atoms with Gasteiger partial charge in [0.1, 0.15) is 18.2 Å². The van der Waals surface area contributed by atoms with Crippen LogP contribution in [0, 0.1) is 15.9 Å². The molecule has 0 spiro atoms. The number of cyclic esters (lactones) is 1. The van der Waals surface area contributed by atoms with Crippen LogP contribution in [0.15, 0.2) is 77.4 Å². The van der Waals surface area contributed by atoms with E-state index in [1.165, 1.54) is 30.3 Å². The molecule has 9 heteroatoms. The highest BCUT2D eigenvalue weighted by atomic mass is 35.5. The molecule has 3 aromatic carbocycles. The number of ether oxygens (including phenoxy) is 2. The van der Waals surface area contributed by atoms with Crippen molar-refractivity contribution in [3.8, 4) is 5.75 Å². The second-order valence-corrected chi connectivity index (χ2v) is 7.15. The minimum atomic E-state index is -0.666. The van der Waals surface area contributed by atoms with E-state index in [4.69, 9.17) is 21.1 Å². The summed E-state index contributed by atoms with van der Waals surface area (Å²) in [7, 11) is 0. The maximum atomic E-state index is 13.2. The molecule has 0 aromatic heterocycles. The fourth-order valence-corrected chi connectivity index (χ4v) is 3.18. The number of non-ortho nitro benzene ring substituents is 1. The van der Waals surface area contributed by atoms with Crippen LogP contribution in [0.5, 0.6) is 5.75 Å². The Morgan fingerprint density at radius 1 is 1.12 bits per heavy atom. The number of carbonyl (C=O) groups excluding carboxylic acids is 1. The molecule has 1 aliphatic rings. The maximum Gasteiger partial charge on any atom is 0.363 e. The van der Waals surface area contributed by atoms with Crippen LogP contribution in [0.1, 0.15) is 16.7 Å². The van der Waals surface area contributed by atoms with Crippen LogP contribution >= 0.6 is 11.6 Å². The van der Waals surface area contributed by atoms with Gasteiger partial charge in [0, 0.05) is 12.1 Å². The van der Waals surface area contributed by atoms with E-state index >= 15 is 0 Å². The number of nitrogens with zero attached hydrogens (tertiary/aromatic N) is 2. The number of esters is 1. The van der Waals surface area contributed by atoms with Gasteiger partial charge in [0.05, 0.1) is 15.5 Å². The number of halogens is 2. The Morgan fingerprint density at radius 3 is 2.59 bits per heavy atom. The highest BCUT2D eigenvalue weighted by molar-refractivity contribution is 6.34. The number of hydrogen-bond donors (Lipinski definition) is 0. The summed E-state index contributed by atoms with van der Waals surface area (Å²) in [5.74, 6) is -0.448. The standard InChI is InChI=1S/C23H14ClFN2O5/c24-20-12-17(27(29)30)6-9-19(20)22-26-21(23(28)32-22)11-14-4-7-18(8-5-14)31-13-15-2-1-3-16(25)10-15/h1-12H,13H2/b21-11-. The second-order valence-electron chi connectivity index (χ2n) is 6.74. The third kappa shape index (κ3) is 4.81. The molecule has 0 N–H and O–H groups in total. The summed E-state index contributed by atoms with van der Waals surface area (Å²) < 4.78 is 24.0. The van der Waals surface area contributed by atoms with Crippen molar-refractivity contribution in [1.29, 1.82) is 0 Å². The van der Waals surface area contributed by atoms with Crippen molar-refractivity contribution in [3.63, 3.8) is 0 Å². The van der Waals surface area contributed by atoms with E-state index in [0.717, 1.165) is 6.07 Å². The average molecular weight is 453 g/mol. The minimum Gasteiger partial charge on any atom is -0.489 e. The molecule has 0 fully saturated rings. The molecule has 7 nitrogen and oxygen atoms in total. The zero-order chi connectivity index (χ0) is 22.7. The van der Waals surface area contributed by atoms with Gasteiger partial charge in [-0.05, 0) is 47.5 Å². The molecule has 0 radical (unpaired) electrons. The van der Waals surface area contributed by atoms with Crippen molar-refractivity contribution < 1.29 is 23.6 Å². The number of hydrogen-bond acceptors (Lipinski definition) is 6. The highest BCUT2D eigenvalue weighted by Crippen LogP contribution is 2.27. The molecule has 4 rings (SSSR count). The fraction of sp³-hybridized carbons (Fsp3) is 0.0435. The van der Waals surface area contributed by atoms with E-state index in [-0.39, 0.29) is 40.3 Å². The maximum absolute atomic E-state index is 13.2. The fourth-order valence-electron chi connectivity index (χ4n) is 2.93. The number of aliphatic imine (C=N–C) groups is 1. The lowest BCUT2D eigenvalue weighted by molar-refractivity contribution is -0.384. The van der Waals surface area contributed by atoms with E-state index in [1.54, 1.807) is 36.4 Å². The summed E-state index contributed by atoms with van der Waals surface area (Å²) in [4.78, 5) is 26.6. The number of nitro groups is 1. The van der Waals surface area contributed by atoms with Gasteiger partial charge in [0.25, 0.3) is 5.69 Å². The number of nitro benzene ring substituents is 1. The first-order valence-electron chi connectivity index (χ1n) is 9.33. The van der Waals surface area contributed by atoms with E-state index in [2.05, 4.69) is 4.99 Å². The third-order valence-electron chi connectivity index (χ3n) is 4.49. The molecule has 0 aliphatic carbocycles. The van der Waals surface area contributed by atoms with Crippen LogP contribution in [0.25, 0.3) is 6.08 Å². The van der Waals surface area contributed by atoms with Gasteiger partial charge in [0.15, 0.2) is 5.70 Å². The molecule has 3 aromatic rings. The molecular formula is C23H14ClFN2O5. The lowest BCUT2D eigenvalue weighted by Crippen LogP contribution is -2.06. The van der Waals surface area contributed by atoms with Crippen LogP contribution < -0.4 is 4.74 Å². The van der Waals surface area contributed by atoms with Crippen molar-refractivity contribution in [1.82, 2.24) is 0 Å². The molecular weight excluding hydrogens is 439 g/mol. The Labute approximate surface area is 186 Å². The molecule has 0 amide bonds. The normalized spacial score (nSPS) is 14.2. The SMILES string of the molecule is O=C1OC(c2ccc([N+](=O)[O-])cc2Cl)=N/C1=C\c1ccc(OCc2cccc(F)c2)cc1. The van der Waals surface area contributed by atoms with E-state index in [0.29, 0.717) is 16.9 Å². The van der Waals surface area contributed by atoms with Crippen molar-refractivity contribution in [2.45, 2.75) is 6.61 Å². The van der Waals surface area contributed by atoms with Crippen molar-refractivity contribution in [2.24, 2.45) is 4.99 Å². The zero-order valence-corrected chi connectivity index (χ0v) is 17.1. The van der Waals surface area contributed by atoms with Crippen molar-refractivity contribution >= 4 is 35.2 Å². The van der Waals surface area contributed by atoms with Crippen LogP contribution in [0.3, 0.4) is 0 Å². The molecule has 0 unspecified atom stereocenters. The summed E-state index contributed by atoms with van der Waals surface area (Å²) in [6.45, 7) is 0.216. The quantitative estimate of drug-likeness (QED) is 0.219. The molecule has 1 aliphatic heterocycles. The van der Waals surface area contributed by atoms with Gasteiger partial charge in [-0.2, -0.15) is 0 Å². The Morgan fingerprint density at radius 2 is 1.91 bits per heavy atom. The summed E-state index contributed by atoms with van der Waals surface area (Å²) in [5.41, 5.74) is 1.53. The first-order chi connectivity index (χ1) is 15.4. The predicted octanol–water partition coefficient (Wildman–Crippen LogP) is 5.31. The van der Waals surface area contributed by atoms with Gasteiger partial charge >= 0.3 is 5.97 Å². The Balaban J connectivity index is 1.48. The van der Waals surface area contributed by atoms with Crippen LogP contribution in [-0.2, 0) is 16.1 Å². The molecule has 32 heavy (non-hydrogen) atoms. The second kappa shape index (κ2) is 8.99. The van der Waals surface area contributed by atoms with Gasteiger partial charge < -0.3 is 9.47 Å². The summed E-state index contributed by atoms with van der Waals surface area (Å²) in [6.07, 6.45) is 1.53. The first kappa shape index (κ1) is 21.2. The summed E-state index contributed by atoms with van der Waals surface area (Å²) in [5, 5.41) is 10.9. The Bertz CT molecular complexity index is 1270. The number of benzene rings is 3. The van der Waals surface area contributed by atoms with E-state index in [1.807, 2.05) is 0 Å². The highest BCUT2D eigenvalue weighted by Gasteiger charge is 2.26. The van der Waals surface area contributed by atoms with Gasteiger partial charge in [-0.3, -0.25) is 10.1 Å². The molecule has 0 saturated carbocycles. The van der Waals surface area contributed by atoms with E-state index < -0.39 is 10.9 Å². The van der Waals surface area contributed by atoms with E-state index in [9.17, 15) is 19.3 Å². The number of carbonyl (C=O) groups is 1. The lowest BCUT2D eigenvalue weighted by Gasteiger charge is -2.06. The summed E-state index contributed by atoms with van der Waals surface area (Å²) in [6, 6.07) is 16.8. The van der Waals surface area contributed by atoms with Crippen LogP contribution in [-0.4, -0.2) is 16.8 Å². The van der Waals surface area contributed by atoms with Crippen molar-refractivity contribution in [3.05, 3.63) is 110 Å². The molecule has 0 bridgehead atoms. The number of rotatable bonds is 6. The topological polar surface area (TPSA) is 91.0 Å². The minimum absolute atomic E-state index is 0.0313. The van der Waals surface area contributed by atoms with Crippen LogP contribution in [0.4, 0.5) is 10.1 Å². The lowest BCUT2D eigenvalue weighted by atomic mass is 10.2. The molecule has 0 saturated heterocycles. The molecule has 0 atom stereocenters. The monoisotopic (exact) mass is 452 g/mol. The van der Waals surface area contributed by atoms with Gasteiger partial charge in [-0.15, -0.1) is 0 Å². The Hall–Kier alpha value is -4.04. The van der Waals surface area contributed by atoms with Crippen molar-refractivity contribution in [2.75, 3.05) is 0 Å². The third-order valence-corrected chi connectivity index (χ3v) is 4.81. The smallest absolute Gasteiger partial charge is 0.363 e. The summed E-state index contributed by atoms with van der Waals surface area (Å²) >= 11 is 6.08. The molecule has 1 heterocycles. The Kier molecular flexibility index (Phi) is 5.96. The van der Waals surface area contributed by atoms with Gasteiger partial charge in [-0.25, -0.2) is 14.2 Å². The first-order valence-corrected chi connectivity index (χ1v) is 9.71. The van der Waals surface area contributed by atoms with Gasteiger partial charge in [-0.1, -0.05) is 35.9 Å².